The minimum atomic E-state index is -4.83. The molecule has 0 amide bonds. The molecule has 10 N–H and O–H groups in total. The molecule has 1 aromatic carbocycles. The molecule has 14 heteroatoms. The first-order valence-corrected chi connectivity index (χ1v) is 9.61. The van der Waals surface area contributed by atoms with Crippen molar-refractivity contribution in [2.45, 2.75) is 42.7 Å². The minimum Gasteiger partial charge on any atom is -0.449 e. The molecule has 3 aliphatic rings. The predicted molar refractivity (Wildman–Crippen MR) is 101 cm³/mol. The maximum atomic E-state index is 13.4. The molecule has 0 aliphatic carbocycles. The summed E-state index contributed by atoms with van der Waals surface area (Å²) in [6.07, 6.45) is -6.55. The summed E-state index contributed by atoms with van der Waals surface area (Å²) in [5.41, 5.74) is 8.23. The number of hydrogen-bond acceptors (Lipinski definition) is 9. The van der Waals surface area contributed by atoms with Crippen molar-refractivity contribution in [2.75, 3.05) is 13.2 Å². The number of carbonyl (C=O) groups is 1. The number of aryl methyl sites for hydroxylation is 1. The quantitative estimate of drug-likeness (QED) is 0.126. The molecular weight excluding hydrogens is 437 g/mol. The standard InChI is InChI=1S/C18H21F3N6O5/c1-7-2-3-8(9(4-7)18(19,20)21)13(29)32-11-5-27-15(23)24-10(6-28)12-16(27,17(11,30)31)26-14(22)25-12/h2-4,10-12,28,30-31H,5-6H2,1H3,(H5,22,23,24,25,26)/p+2/t10-,11-,12-,16-/m0/s1. The summed E-state index contributed by atoms with van der Waals surface area (Å²) in [5.74, 6) is -4.41. The van der Waals surface area contributed by atoms with Crippen molar-refractivity contribution in [3.63, 3.8) is 0 Å². The van der Waals surface area contributed by atoms with Crippen molar-refractivity contribution in [1.29, 1.82) is 0 Å². The zero-order valence-electron chi connectivity index (χ0n) is 16.8. The second kappa shape index (κ2) is 6.95. The Morgan fingerprint density at radius 2 is 2.06 bits per heavy atom. The maximum Gasteiger partial charge on any atom is 0.417 e. The molecule has 4 rings (SSSR count). The molecule has 174 valence electrons. The predicted octanol–water partition coefficient (Wildman–Crippen LogP) is -4.41. The van der Waals surface area contributed by atoms with Crippen LogP contribution in [-0.2, 0) is 10.9 Å². The number of alkyl halides is 3. The lowest BCUT2D eigenvalue weighted by molar-refractivity contribution is -0.674. The van der Waals surface area contributed by atoms with E-state index in [1.54, 1.807) is 0 Å². The molecule has 1 aromatic rings. The number of aliphatic hydroxyl groups excluding tert-OH is 1. The minimum absolute atomic E-state index is 0.0627. The van der Waals surface area contributed by atoms with E-state index in [4.69, 9.17) is 16.2 Å². The van der Waals surface area contributed by atoms with E-state index < -0.39 is 59.5 Å². The summed E-state index contributed by atoms with van der Waals surface area (Å²) in [6, 6.07) is 1.30. The number of nitrogens with zero attached hydrogens (tertiary/aromatic N) is 1. The van der Waals surface area contributed by atoms with E-state index in [0.717, 1.165) is 12.1 Å². The number of benzene rings is 1. The molecule has 0 radical (unpaired) electrons. The van der Waals surface area contributed by atoms with Gasteiger partial charge in [-0.1, -0.05) is 11.6 Å². The van der Waals surface area contributed by atoms with E-state index in [9.17, 15) is 33.3 Å². The summed E-state index contributed by atoms with van der Waals surface area (Å²) in [4.78, 5) is 15.5. The van der Waals surface area contributed by atoms with Gasteiger partial charge in [0, 0.05) is 0 Å². The fourth-order valence-corrected chi connectivity index (χ4v) is 4.59. The molecule has 1 spiro atoms. The lowest BCUT2D eigenvalue weighted by Crippen LogP contribution is -2.91. The topological polar surface area (TPSA) is 180 Å². The van der Waals surface area contributed by atoms with E-state index in [0.29, 0.717) is 0 Å². The smallest absolute Gasteiger partial charge is 0.417 e. The molecule has 0 unspecified atom stereocenters. The maximum absolute atomic E-state index is 13.4. The Labute approximate surface area is 179 Å². The molecule has 4 atom stereocenters. The van der Waals surface area contributed by atoms with Crippen LogP contribution in [0.1, 0.15) is 21.5 Å². The molecule has 0 bridgehead atoms. The Balaban J connectivity index is 1.72. The second-order valence-corrected chi connectivity index (χ2v) is 8.02. The molecular formula is C18H23F3N6O5+2. The van der Waals surface area contributed by atoms with Crippen molar-refractivity contribution >= 4 is 17.9 Å². The van der Waals surface area contributed by atoms with Crippen LogP contribution in [-0.4, -0.2) is 80.6 Å². The van der Waals surface area contributed by atoms with E-state index in [1.807, 2.05) is 0 Å². The molecule has 1 fully saturated rings. The number of carbonyl (C=O) groups excluding carboxylic acids is 1. The molecule has 3 heterocycles. The first kappa shape index (κ1) is 22.1. The number of hydrogen-bond donors (Lipinski definition) is 8. The average molecular weight is 460 g/mol. The highest BCUT2D eigenvalue weighted by Crippen LogP contribution is 2.40. The van der Waals surface area contributed by atoms with Crippen molar-refractivity contribution in [3.8, 4) is 0 Å². The first-order valence-electron chi connectivity index (χ1n) is 9.61. The number of aliphatic hydroxyl groups is 3. The monoisotopic (exact) mass is 460 g/mol. The van der Waals surface area contributed by atoms with Gasteiger partial charge in [0.05, 0.1) is 17.7 Å². The van der Waals surface area contributed by atoms with Gasteiger partial charge in [0.1, 0.15) is 12.6 Å². The van der Waals surface area contributed by atoms with Crippen LogP contribution in [0.15, 0.2) is 18.2 Å². The SMILES string of the molecule is Cc1ccc(C(=O)O[C@H]2C[N+]3=C(N)N[C@@H](CO)[C@@H]4[NH+]=C(N)N[C@@]43C2(O)O)c(C(F)(F)F)c1. The van der Waals surface area contributed by atoms with E-state index in [-0.39, 0.29) is 24.0 Å². The van der Waals surface area contributed by atoms with Crippen LogP contribution in [0.3, 0.4) is 0 Å². The van der Waals surface area contributed by atoms with Crippen molar-refractivity contribution < 1.29 is 47.6 Å². The molecule has 0 saturated carbocycles. The Morgan fingerprint density at radius 3 is 2.69 bits per heavy atom. The van der Waals surface area contributed by atoms with E-state index in [1.165, 1.54) is 17.6 Å². The largest absolute Gasteiger partial charge is 0.449 e. The van der Waals surface area contributed by atoms with Crippen molar-refractivity contribution in [2.24, 2.45) is 11.5 Å². The van der Waals surface area contributed by atoms with E-state index >= 15 is 0 Å². The van der Waals surface area contributed by atoms with Gasteiger partial charge in [-0.05, 0) is 19.1 Å². The fourth-order valence-electron chi connectivity index (χ4n) is 4.59. The van der Waals surface area contributed by atoms with Crippen LogP contribution >= 0.6 is 0 Å². The van der Waals surface area contributed by atoms with Crippen LogP contribution in [0.2, 0.25) is 0 Å². The van der Waals surface area contributed by atoms with Gasteiger partial charge in [-0.15, -0.1) is 0 Å². The van der Waals surface area contributed by atoms with Gasteiger partial charge < -0.3 is 20.1 Å². The zero-order chi connectivity index (χ0) is 23.6. The number of nitrogens with one attached hydrogen (secondary N) is 3. The summed E-state index contributed by atoms with van der Waals surface area (Å²) >= 11 is 0. The molecule has 0 aromatic heterocycles. The third-order valence-electron chi connectivity index (χ3n) is 6.04. The van der Waals surface area contributed by atoms with Gasteiger partial charge >= 0.3 is 29.7 Å². The van der Waals surface area contributed by atoms with Gasteiger partial charge in [0.25, 0.3) is 5.79 Å². The van der Waals surface area contributed by atoms with Gasteiger partial charge in [0.2, 0.25) is 0 Å². The highest BCUT2D eigenvalue weighted by Gasteiger charge is 2.79. The van der Waals surface area contributed by atoms with Gasteiger partial charge in [-0.25, -0.2) is 14.7 Å². The number of ether oxygens (including phenoxy) is 1. The summed E-state index contributed by atoms with van der Waals surface area (Å²) < 4.78 is 46.8. The third-order valence-corrected chi connectivity index (χ3v) is 6.04. The van der Waals surface area contributed by atoms with Crippen LogP contribution in [0.25, 0.3) is 0 Å². The molecule has 11 nitrogen and oxygen atoms in total. The summed E-state index contributed by atoms with van der Waals surface area (Å²) in [5, 5.41) is 37.4. The van der Waals surface area contributed by atoms with Gasteiger partial charge in [-0.3, -0.25) is 21.8 Å². The zero-order valence-corrected chi connectivity index (χ0v) is 16.8. The van der Waals surface area contributed by atoms with Crippen molar-refractivity contribution in [3.05, 3.63) is 34.9 Å². The average Bonchev–Trinajstić information content (AvgIpc) is 3.16. The third kappa shape index (κ3) is 2.97. The Kier molecular flexibility index (Phi) is 4.80. The lowest BCUT2D eigenvalue weighted by Gasteiger charge is -2.40. The lowest BCUT2D eigenvalue weighted by atomic mass is 9.86. The number of esters is 1. The van der Waals surface area contributed by atoms with Gasteiger partial charge in [0.15, 0.2) is 12.1 Å². The number of halogens is 3. The number of rotatable bonds is 3. The summed E-state index contributed by atoms with van der Waals surface area (Å²) in [7, 11) is 0. The van der Waals surface area contributed by atoms with Crippen LogP contribution in [0, 0.1) is 6.92 Å². The number of nitrogens with two attached hydrogens (primary N) is 2. The Bertz CT molecular complexity index is 1040. The van der Waals surface area contributed by atoms with Gasteiger partial charge in [-0.2, -0.15) is 13.2 Å². The molecule has 3 aliphatic heterocycles. The van der Waals surface area contributed by atoms with Crippen molar-refractivity contribution in [1.82, 2.24) is 10.6 Å². The fraction of sp³-hybridized carbons (Fsp3) is 0.500. The summed E-state index contributed by atoms with van der Waals surface area (Å²) in [6.45, 7) is 0.580. The Morgan fingerprint density at radius 1 is 1.38 bits per heavy atom. The second-order valence-electron chi connectivity index (χ2n) is 8.02. The molecule has 1 saturated heterocycles. The Hall–Kier alpha value is -3.10. The van der Waals surface area contributed by atoms with Crippen LogP contribution in [0.4, 0.5) is 13.2 Å². The van der Waals surface area contributed by atoms with Crippen LogP contribution < -0.4 is 27.1 Å². The highest BCUT2D eigenvalue weighted by molar-refractivity contribution is 5.91. The highest BCUT2D eigenvalue weighted by atomic mass is 19.4. The first-order chi connectivity index (χ1) is 14.8. The normalized spacial score (nSPS) is 30.7. The molecule has 32 heavy (non-hydrogen) atoms. The van der Waals surface area contributed by atoms with E-state index in [2.05, 4.69) is 15.6 Å². The number of guanidine groups is 2. The van der Waals surface area contributed by atoms with Crippen LogP contribution in [0.5, 0.6) is 0 Å².